The van der Waals surface area contributed by atoms with E-state index in [1.807, 2.05) is 30.0 Å². The van der Waals surface area contributed by atoms with Crippen LogP contribution in [-0.4, -0.2) is 43.9 Å². The molecule has 0 saturated carbocycles. The molecule has 1 fully saturated rings. The highest BCUT2D eigenvalue weighted by atomic mass is 32.2. The fraction of sp³-hybridized carbons (Fsp3) is 0.611. The Labute approximate surface area is 143 Å². The largest absolute Gasteiger partial charge is 0.497 e. The summed E-state index contributed by atoms with van der Waals surface area (Å²) < 4.78 is 28.5. The molecule has 3 rings (SSSR count). The van der Waals surface area contributed by atoms with Gasteiger partial charge in [0.15, 0.2) is 9.84 Å². The van der Waals surface area contributed by atoms with Crippen molar-refractivity contribution in [1.82, 2.24) is 4.90 Å². The number of ether oxygens (including phenoxy) is 1. The van der Waals surface area contributed by atoms with Crippen LogP contribution in [0.4, 0.5) is 0 Å². The van der Waals surface area contributed by atoms with Gasteiger partial charge in [0, 0.05) is 12.5 Å². The topological polar surface area (TPSA) is 63.7 Å². The predicted molar refractivity (Wildman–Crippen MR) is 92.8 cm³/mol. The van der Waals surface area contributed by atoms with E-state index in [0.29, 0.717) is 12.8 Å². The Morgan fingerprint density at radius 3 is 2.71 bits per heavy atom. The average molecular weight is 351 g/mol. The summed E-state index contributed by atoms with van der Waals surface area (Å²) in [5, 5.41) is 0. The molecule has 24 heavy (non-hydrogen) atoms. The number of fused-ring (bicyclic) bond motifs is 1. The van der Waals surface area contributed by atoms with E-state index < -0.39 is 9.84 Å². The van der Waals surface area contributed by atoms with Crippen molar-refractivity contribution in [2.24, 2.45) is 5.92 Å². The summed E-state index contributed by atoms with van der Waals surface area (Å²) in [5.41, 5.74) is 2.38. The Balaban J connectivity index is 1.77. The van der Waals surface area contributed by atoms with Gasteiger partial charge in [-0.2, -0.15) is 0 Å². The molecule has 1 amide bonds. The molecule has 132 valence electrons. The quantitative estimate of drug-likeness (QED) is 0.839. The Morgan fingerprint density at radius 2 is 2.08 bits per heavy atom. The molecule has 6 heteroatoms. The zero-order valence-corrected chi connectivity index (χ0v) is 15.3. The van der Waals surface area contributed by atoms with Crippen molar-refractivity contribution in [3.05, 3.63) is 29.3 Å². The van der Waals surface area contributed by atoms with Crippen LogP contribution in [0.5, 0.6) is 5.75 Å². The zero-order chi connectivity index (χ0) is 17.5. The lowest BCUT2D eigenvalue weighted by Gasteiger charge is -2.41. The maximum atomic E-state index is 12.8. The molecule has 0 aromatic heterocycles. The van der Waals surface area contributed by atoms with E-state index in [0.717, 1.165) is 17.7 Å². The van der Waals surface area contributed by atoms with Crippen LogP contribution < -0.4 is 4.74 Å². The summed E-state index contributed by atoms with van der Waals surface area (Å²) >= 11 is 0. The van der Waals surface area contributed by atoms with Gasteiger partial charge < -0.3 is 9.64 Å². The fourth-order valence-electron chi connectivity index (χ4n) is 4.09. The lowest BCUT2D eigenvalue weighted by atomic mass is 9.88. The van der Waals surface area contributed by atoms with Gasteiger partial charge in [-0.05, 0) is 55.9 Å². The number of carbonyl (C=O) groups is 1. The maximum Gasteiger partial charge on any atom is 0.223 e. The van der Waals surface area contributed by atoms with Crippen LogP contribution in [0, 0.1) is 5.92 Å². The standard InChI is InChI=1S/C18H25NO4S/c1-12-8-15-10-16(23-3)4-5-17(15)13(2)19(12)18(20)9-14-6-7-24(21,22)11-14/h4-5,10,12-14H,6-9,11H2,1-3H3/t12-,13-,14-/m0/s1. The van der Waals surface area contributed by atoms with Crippen molar-refractivity contribution in [1.29, 1.82) is 0 Å². The molecule has 2 aliphatic rings. The smallest absolute Gasteiger partial charge is 0.223 e. The molecule has 0 bridgehead atoms. The first-order valence-electron chi connectivity index (χ1n) is 8.49. The number of hydrogen-bond acceptors (Lipinski definition) is 4. The molecule has 0 radical (unpaired) electrons. The van der Waals surface area contributed by atoms with Crippen molar-refractivity contribution >= 4 is 15.7 Å². The molecular weight excluding hydrogens is 326 g/mol. The van der Waals surface area contributed by atoms with E-state index in [1.165, 1.54) is 5.56 Å². The second kappa shape index (κ2) is 6.39. The predicted octanol–water partition coefficient (Wildman–Crippen LogP) is 2.35. The molecular formula is C18H25NO4S. The molecule has 1 aromatic carbocycles. The third-order valence-electron chi connectivity index (χ3n) is 5.29. The number of nitrogens with zero attached hydrogens (tertiary/aromatic N) is 1. The Morgan fingerprint density at radius 1 is 1.33 bits per heavy atom. The van der Waals surface area contributed by atoms with Gasteiger partial charge in [0.1, 0.15) is 5.75 Å². The molecule has 0 unspecified atom stereocenters. The summed E-state index contributed by atoms with van der Waals surface area (Å²) in [6.45, 7) is 4.10. The van der Waals surface area contributed by atoms with E-state index >= 15 is 0 Å². The number of benzene rings is 1. The van der Waals surface area contributed by atoms with Gasteiger partial charge in [-0.1, -0.05) is 6.07 Å². The minimum absolute atomic E-state index is 0.000154. The van der Waals surface area contributed by atoms with Gasteiger partial charge in [0.25, 0.3) is 0 Å². The summed E-state index contributed by atoms with van der Waals surface area (Å²) in [7, 11) is -1.28. The summed E-state index contributed by atoms with van der Waals surface area (Å²) in [6, 6.07) is 6.11. The van der Waals surface area contributed by atoms with Gasteiger partial charge in [-0.25, -0.2) is 8.42 Å². The number of rotatable bonds is 3. The third-order valence-corrected chi connectivity index (χ3v) is 7.12. The average Bonchev–Trinajstić information content (AvgIpc) is 2.85. The molecule has 0 spiro atoms. The normalized spacial score (nSPS) is 28.5. The highest BCUT2D eigenvalue weighted by Crippen LogP contribution is 2.36. The number of carbonyl (C=O) groups excluding carboxylic acids is 1. The van der Waals surface area contributed by atoms with E-state index in [-0.39, 0.29) is 35.4 Å². The molecule has 0 aliphatic carbocycles. The minimum atomic E-state index is -2.94. The fourth-order valence-corrected chi connectivity index (χ4v) is 5.95. The van der Waals surface area contributed by atoms with Gasteiger partial charge in [0.2, 0.25) is 5.91 Å². The van der Waals surface area contributed by atoms with Crippen molar-refractivity contribution in [3.8, 4) is 5.75 Å². The van der Waals surface area contributed by atoms with Crippen LogP contribution in [0.15, 0.2) is 18.2 Å². The van der Waals surface area contributed by atoms with Gasteiger partial charge in [-0.15, -0.1) is 0 Å². The first-order valence-corrected chi connectivity index (χ1v) is 10.3. The van der Waals surface area contributed by atoms with Crippen LogP contribution in [-0.2, 0) is 21.1 Å². The molecule has 1 aromatic rings. The molecule has 3 atom stereocenters. The van der Waals surface area contributed by atoms with Gasteiger partial charge in [0.05, 0.1) is 24.7 Å². The third kappa shape index (κ3) is 3.29. The highest BCUT2D eigenvalue weighted by molar-refractivity contribution is 7.91. The molecule has 2 aliphatic heterocycles. The van der Waals surface area contributed by atoms with Crippen molar-refractivity contribution in [2.45, 2.75) is 45.2 Å². The highest BCUT2D eigenvalue weighted by Gasteiger charge is 2.36. The second-order valence-electron chi connectivity index (χ2n) is 7.07. The minimum Gasteiger partial charge on any atom is -0.497 e. The van der Waals surface area contributed by atoms with Crippen molar-refractivity contribution in [2.75, 3.05) is 18.6 Å². The van der Waals surface area contributed by atoms with E-state index in [1.54, 1.807) is 7.11 Å². The van der Waals surface area contributed by atoms with E-state index in [4.69, 9.17) is 4.74 Å². The van der Waals surface area contributed by atoms with E-state index in [2.05, 4.69) is 6.92 Å². The zero-order valence-electron chi connectivity index (χ0n) is 14.5. The van der Waals surface area contributed by atoms with Crippen LogP contribution >= 0.6 is 0 Å². The van der Waals surface area contributed by atoms with Crippen molar-refractivity contribution in [3.63, 3.8) is 0 Å². The molecule has 2 heterocycles. The van der Waals surface area contributed by atoms with Gasteiger partial charge in [-0.3, -0.25) is 4.79 Å². The van der Waals surface area contributed by atoms with Crippen LogP contribution in [0.1, 0.15) is 43.9 Å². The molecule has 5 nitrogen and oxygen atoms in total. The Kier molecular flexibility index (Phi) is 4.60. The Bertz CT molecular complexity index is 743. The SMILES string of the molecule is COc1ccc2c(c1)C[C@H](C)N(C(=O)C[C@@H]1CCS(=O)(=O)C1)[C@H]2C. The molecule has 1 saturated heterocycles. The van der Waals surface area contributed by atoms with Crippen LogP contribution in [0.3, 0.4) is 0 Å². The Hall–Kier alpha value is -1.56. The van der Waals surface area contributed by atoms with Crippen LogP contribution in [0.2, 0.25) is 0 Å². The second-order valence-corrected chi connectivity index (χ2v) is 9.30. The summed E-state index contributed by atoms with van der Waals surface area (Å²) in [5.74, 6) is 1.25. The number of methoxy groups -OCH3 is 1. The van der Waals surface area contributed by atoms with E-state index in [9.17, 15) is 13.2 Å². The number of hydrogen-bond donors (Lipinski definition) is 0. The lowest BCUT2D eigenvalue weighted by molar-refractivity contribution is -0.137. The lowest BCUT2D eigenvalue weighted by Crippen LogP contribution is -2.45. The number of sulfone groups is 1. The first kappa shape index (κ1) is 17.3. The number of amides is 1. The van der Waals surface area contributed by atoms with Crippen molar-refractivity contribution < 1.29 is 17.9 Å². The summed E-state index contributed by atoms with van der Waals surface area (Å²) in [6.07, 6.45) is 1.74. The maximum absolute atomic E-state index is 12.8. The van der Waals surface area contributed by atoms with Crippen LogP contribution in [0.25, 0.3) is 0 Å². The monoisotopic (exact) mass is 351 g/mol. The first-order chi connectivity index (χ1) is 11.3. The van der Waals surface area contributed by atoms with Gasteiger partial charge >= 0.3 is 0 Å². The molecule has 0 N–H and O–H groups in total. The summed E-state index contributed by atoms with van der Waals surface area (Å²) in [4.78, 5) is 14.8.